The number of aromatic nitrogens is 2. The van der Waals surface area contributed by atoms with Gasteiger partial charge in [-0.15, -0.1) is 0 Å². The minimum Gasteiger partial charge on any atom is -0.481 e. The first-order valence-electron chi connectivity index (χ1n) is 5.78. The molecule has 0 atom stereocenters. The summed E-state index contributed by atoms with van der Waals surface area (Å²) in [6.45, 7) is -0.0827. The second-order valence-electron chi connectivity index (χ2n) is 3.96. The van der Waals surface area contributed by atoms with Gasteiger partial charge in [-0.25, -0.2) is 9.78 Å². The molecule has 0 radical (unpaired) electrons. The number of rotatable bonds is 5. The largest absolute Gasteiger partial charge is 0.481 e. The first-order chi connectivity index (χ1) is 9.60. The zero-order valence-electron chi connectivity index (χ0n) is 10.7. The smallest absolute Gasteiger partial charge is 0.352 e. The zero-order valence-corrected chi connectivity index (χ0v) is 10.7. The third kappa shape index (κ3) is 3.14. The fourth-order valence-electron chi connectivity index (χ4n) is 1.68. The summed E-state index contributed by atoms with van der Waals surface area (Å²) in [4.78, 5) is 26.7. The van der Waals surface area contributed by atoms with Crippen molar-refractivity contribution >= 4 is 17.6 Å². The van der Waals surface area contributed by atoms with Crippen LogP contribution in [0.25, 0.3) is 0 Å². The lowest BCUT2D eigenvalue weighted by atomic mass is 10.4. The van der Waals surface area contributed by atoms with E-state index in [0.29, 0.717) is 11.6 Å². The van der Waals surface area contributed by atoms with E-state index in [2.05, 4.69) is 10.3 Å². The molecule has 0 unspecified atom stereocenters. The maximum absolute atomic E-state index is 11.8. The molecular weight excluding hydrogens is 262 g/mol. The van der Waals surface area contributed by atoms with Crippen LogP contribution in [-0.2, 0) is 11.3 Å². The van der Waals surface area contributed by atoms with E-state index < -0.39 is 5.97 Å². The van der Waals surface area contributed by atoms with Gasteiger partial charge in [-0.05, 0) is 18.2 Å². The fourth-order valence-corrected chi connectivity index (χ4v) is 1.68. The van der Waals surface area contributed by atoms with Gasteiger partial charge in [0.15, 0.2) is 0 Å². The Bertz CT molecular complexity index is 619. The number of hydrogen-bond donors (Lipinski definition) is 2. The van der Waals surface area contributed by atoms with Crippen LogP contribution in [0, 0.1) is 0 Å². The number of carboxylic acids is 1. The summed E-state index contributed by atoms with van der Waals surface area (Å²) in [7, 11) is 1.50. The number of nitrogens with zero attached hydrogens (tertiary/aromatic N) is 2. The zero-order chi connectivity index (χ0) is 14.5. The lowest BCUT2D eigenvalue weighted by Crippen LogP contribution is -2.20. The molecule has 2 aromatic rings. The Labute approximate surface area is 114 Å². The molecule has 0 fully saturated rings. The van der Waals surface area contributed by atoms with Crippen LogP contribution < -0.4 is 10.1 Å². The minimum atomic E-state index is -1.08. The molecule has 2 aromatic heterocycles. The molecule has 2 heterocycles. The van der Waals surface area contributed by atoms with Crippen molar-refractivity contribution in [2.24, 2.45) is 0 Å². The molecule has 20 heavy (non-hydrogen) atoms. The van der Waals surface area contributed by atoms with Crippen LogP contribution in [0.3, 0.4) is 0 Å². The summed E-state index contributed by atoms with van der Waals surface area (Å²) in [5.41, 5.74) is 0.577. The summed E-state index contributed by atoms with van der Waals surface area (Å²) in [5.74, 6) is -0.967. The number of aromatic carboxylic acids is 1. The van der Waals surface area contributed by atoms with E-state index in [1.54, 1.807) is 18.2 Å². The lowest BCUT2D eigenvalue weighted by molar-refractivity contribution is -0.116. The minimum absolute atomic E-state index is 0.0630. The second kappa shape index (κ2) is 5.87. The molecule has 2 rings (SSSR count). The molecule has 104 valence electrons. The van der Waals surface area contributed by atoms with Crippen molar-refractivity contribution in [1.29, 1.82) is 0 Å². The highest BCUT2D eigenvalue weighted by Gasteiger charge is 2.11. The van der Waals surface area contributed by atoms with Gasteiger partial charge >= 0.3 is 5.97 Å². The number of pyridine rings is 1. The summed E-state index contributed by atoms with van der Waals surface area (Å²) in [6.07, 6.45) is 3.00. The van der Waals surface area contributed by atoms with Gasteiger partial charge in [0.05, 0.1) is 19.0 Å². The normalized spacial score (nSPS) is 10.1. The van der Waals surface area contributed by atoms with Gasteiger partial charge in [0, 0.05) is 12.3 Å². The van der Waals surface area contributed by atoms with Crippen LogP contribution in [0.5, 0.6) is 5.88 Å². The van der Waals surface area contributed by atoms with Crippen LogP contribution >= 0.6 is 0 Å². The van der Waals surface area contributed by atoms with E-state index in [1.807, 2.05) is 0 Å². The van der Waals surface area contributed by atoms with Gasteiger partial charge in [0.2, 0.25) is 11.8 Å². The van der Waals surface area contributed by atoms with Crippen LogP contribution in [0.1, 0.15) is 10.5 Å². The van der Waals surface area contributed by atoms with Crippen molar-refractivity contribution in [2.75, 3.05) is 12.4 Å². The maximum Gasteiger partial charge on any atom is 0.352 e. The first-order valence-corrected chi connectivity index (χ1v) is 5.78. The number of methoxy groups -OCH3 is 1. The standard InChI is InChI=1S/C13H13N3O4/c1-20-12-5-4-9(7-14-12)15-11(17)8-16-6-2-3-10(16)13(18)19/h2-7H,8H2,1H3,(H,15,17)(H,18,19). The number of ether oxygens (including phenoxy) is 1. The molecule has 0 aliphatic carbocycles. The molecule has 0 aromatic carbocycles. The number of carbonyl (C=O) groups is 2. The Balaban J connectivity index is 2.01. The van der Waals surface area contributed by atoms with E-state index in [1.165, 1.54) is 30.1 Å². The number of carboxylic acid groups (broad SMARTS) is 1. The Morgan fingerprint density at radius 3 is 2.80 bits per heavy atom. The van der Waals surface area contributed by atoms with Crippen molar-refractivity contribution in [3.05, 3.63) is 42.4 Å². The molecule has 0 spiro atoms. The predicted molar refractivity (Wildman–Crippen MR) is 70.8 cm³/mol. The quantitative estimate of drug-likeness (QED) is 0.856. The average Bonchev–Trinajstić information content (AvgIpc) is 2.87. The van der Waals surface area contributed by atoms with Gasteiger partial charge in [-0.2, -0.15) is 0 Å². The molecule has 0 aliphatic heterocycles. The number of nitrogens with one attached hydrogen (secondary N) is 1. The highest BCUT2D eigenvalue weighted by atomic mass is 16.5. The molecule has 1 amide bonds. The summed E-state index contributed by atoms with van der Waals surface area (Å²) in [6, 6.07) is 6.28. The molecule has 0 aliphatic rings. The van der Waals surface area contributed by atoms with Crippen molar-refractivity contribution in [1.82, 2.24) is 9.55 Å². The number of carbonyl (C=O) groups excluding carboxylic acids is 1. The van der Waals surface area contributed by atoms with Crippen molar-refractivity contribution in [2.45, 2.75) is 6.54 Å². The van der Waals surface area contributed by atoms with Gasteiger partial charge < -0.3 is 19.7 Å². The van der Waals surface area contributed by atoms with Crippen LogP contribution in [0.4, 0.5) is 5.69 Å². The van der Waals surface area contributed by atoms with E-state index in [4.69, 9.17) is 9.84 Å². The second-order valence-corrected chi connectivity index (χ2v) is 3.96. The van der Waals surface area contributed by atoms with E-state index >= 15 is 0 Å². The van der Waals surface area contributed by atoms with Crippen LogP contribution in [0.15, 0.2) is 36.7 Å². The Hall–Kier alpha value is -2.83. The third-order valence-electron chi connectivity index (χ3n) is 2.59. The number of anilines is 1. The summed E-state index contributed by atoms with van der Waals surface area (Å²) < 4.78 is 6.26. The van der Waals surface area contributed by atoms with Crippen molar-refractivity contribution in [3.8, 4) is 5.88 Å². The van der Waals surface area contributed by atoms with E-state index in [9.17, 15) is 9.59 Å². The topological polar surface area (TPSA) is 93.5 Å². The molecule has 7 nitrogen and oxygen atoms in total. The molecule has 7 heteroatoms. The Morgan fingerprint density at radius 1 is 1.40 bits per heavy atom. The monoisotopic (exact) mass is 275 g/mol. The maximum atomic E-state index is 11.8. The lowest BCUT2D eigenvalue weighted by Gasteiger charge is -2.08. The Morgan fingerprint density at radius 2 is 2.20 bits per heavy atom. The van der Waals surface area contributed by atoms with Gasteiger partial charge in [-0.3, -0.25) is 4.79 Å². The number of amides is 1. The van der Waals surface area contributed by atoms with E-state index in [0.717, 1.165) is 0 Å². The highest BCUT2D eigenvalue weighted by Crippen LogP contribution is 2.11. The van der Waals surface area contributed by atoms with Gasteiger partial charge in [0.25, 0.3) is 0 Å². The van der Waals surface area contributed by atoms with Crippen molar-refractivity contribution in [3.63, 3.8) is 0 Å². The molecule has 2 N–H and O–H groups in total. The van der Waals surface area contributed by atoms with Crippen LogP contribution in [-0.4, -0.2) is 33.6 Å². The highest BCUT2D eigenvalue weighted by molar-refractivity contribution is 5.92. The average molecular weight is 275 g/mol. The molecule has 0 saturated heterocycles. The molecule has 0 bridgehead atoms. The molecule has 0 saturated carbocycles. The molecular formula is C13H13N3O4. The SMILES string of the molecule is COc1ccc(NC(=O)Cn2cccc2C(=O)O)cn1. The first kappa shape index (κ1) is 13.6. The Kier molecular flexibility index (Phi) is 3.99. The number of hydrogen-bond acceptors (Lipinski definition) is 4. The third-order valence-corrected chi connectivity index (χ3v) is 2.59. The predicted octanol–water partition coefficient (Wildman–Crippen LogP) is 1.23. The van der Waals surface area contributed by atoms with Gasteiger partial charge in [-0.1, -0.05) is 0 Å². The fraction of sp³-hybridized carbons (Fsp3) is 0.154. The summed E-state index contributed by atoms with van der Waals surface area (Å²) in [5, 5.41) is 11.6. The van der Waals surface area contributed by atoms with Gasteiger partial charge in [0.1, 0.15) is 12.2 Å². The van der Waals surface area contributed by atoms with Crippen LogP contribution in [0.2, 0.25) is 0 Å². The summed E-state index contributed by atoms with van der Waals surface area (Å²) >= 11 is 0. The van der Waals surface area contributed by atoms with E-state index in [-0.39, 0.29) is 18.1 Å². The van der Waals surface area contributed by atoms with Crippen molar-refractivity contribution < 1.29 is 19.4 Å².